The summed E-state index contributed by atoms with van der Waals surface area (Å²) in [6, 6.07) is 9.65. The molecule has 28 heavy (non-hydrogen) atoms. The van der Waals surface area contributed by atoms with Crippen molar-refractivity contribution >= 4 is 9.84 Å². The zero-order valence-corrected chi connectivity index (χ0v) is 15.8. The van der Waals surface area contributed by atoms with Crippen LogP contribution in [-0.2, 0) is 22.0 Å². The summed E-state index contributed by atoms with van der Waals surface area (Å²) in [5, 5.41) is 0. The number of nitrogens with zero attached hydrogens (tertiary/aromatic N) is 2. The fraction of sp³-hybridized carbons (Fsp3) is 0.263. The van der Waals surface area contributed by atoms with E-state index in [1.165, 1.54) is 12.1 Å². The van der Waals surface area contributed by atoms with Gasteiger partial charge in [0.1, 0.15) is 5.82 Å². The third kappa shape index (κ3) is 4.41. The molecular weight excluding hydrogens is 391 g/mol. The lowest BCUT2D eigenvalue weighted by Crippen LogP contribution is -2.24. The normalized spacial score (nSPS) is 12.3. The first-order valence-electron chi connectivity index (χ1n) is 8.58. The molecule has 3 aromatic rings. The summed E-state index contributed by atoms with van der Waals surface area (Å²) in [4.78, 5) is 11.8. The number of benzene rings is 1. The van der Waals surface area contributed by atoms with E-state index in [-0.39, 0.29) is 5.56 Å². The molecule has 3 rings (SSSR count). The van der Waals surface area contributed by atoms with Gasteiger partial charge in [0, 0.05) is 17.5 Å². The Bertz CT molecular complexity index is 1060. The molecule has 1 aromatic carbocycles. The lowest BCUT2D eigenvalue weighted by molar-refractivity contribution is -0.0437. The van der Waals surface area contributed by atoms with Gasteiger partial charge in [-0.3, -0.25) is 4.98 Å². The van der Waals surface area contributed by atoms with E-state index in [1.807, 2.05) is 12.1 Å². The molecule has 0 bridgehead atoms. The van der Waals surface area contributed by atoms with Crippen LogP contribution in [0.1, 0.15) is 24.6 Å². The molecule has 2 aromatic heterocycles. The molecule has 0 radical (unpaired) electrons. The van der Waals surface area contributed by atoms with Gasteiger partial charge < -0.3 is 4.98 Å². The Morgan fingerprint density at radius 1 is 1.04 bits per heavy atom. The summed E-state index contributed by atoms with van der Waals surface area (Å²) in [6.45, 7) is 2.07. The highest BCUT2D eigenvalue weighted by atomic mass is 32.2. The Balaban J connectivity index is 1.80. The second-order valence-electron chi connectivity index (χ2n) is 6.33. The van der Waals surface area contributed by atoms with Crippen LogP contribution in [0.4, 0.5) is 13.2 Å². The van der Waals surface area contributed by atoms with Crippen molar-refractivity contribution < 1.29 is 21.6 Å². The van der Waals surface area contributed by atoms with Gasteiger partial charge in [-0.15, -0.1) is 0 Å². The van der Waals surface area contributed by atoms with Crippen molar-refractivity contribution in [1.82, 2.24) is 15.0 Å². The second-order valence-corrected chi connectivity index (χ2v) is 8.31. The van der Waals surface area contributed by atoms with Gasteiger partial charge in [-0.2, -0.15) is 13.2 Å². The van der Waals surface area contributed by atoms with E-state index in [1.54, 1.807) is 24.5 Å². The average Bonchev–Trinajstić information content (AvgIpc) is 3.12. The highest BCUT2D eigenvalue weighted by Crippen LogP contribution is 2.28. The van der Waals surface area contributed by atoms with Gasteiger partial charge in [0.15, 0.2) is 0 Å². The average molecular weight is 409 g/mol. The van der Waals surface area contributed by atoms with Gasteiger partial charge >= 0.3 is 5.51 Å². The fourth-order valence-corrected chi connectivity index (χ4v) is 3.51. The number of pyridine rings is 1. The maximum atomic E-state index is 12.5. The molecule has 2 heterocycles. The number of aromatic amines is 1. The number of halogens is 3. The van der Waals surface area contributed by atoms with Crippen molar-refractivity contribution in [3.63, 3.8) is 0 Å². The van der Waals surface area contributed by atoms with Gasteiger partial charge in [-0.1, -0.05) is 37.6 Å². The number of aromatic nitrogens is 3. The lowest BCUT2D eigenvalue weighted by Gasteiger charge is -2.08. The van der Waals surface area contributed by atoms with Crippen LogP contribution in [0, 0.1) is 0 Å². The maximum absolute atomic E-state index is 12.5. The van der Waals surface area contributed by atoms with Crippen LogP contribution in [-0.4, -0.2) is 28.9 Å². The van der Waals surface area contributed by atoms with Crippen molar-refractivity contribution in [3.05, 3.63) is 60.0 Å². The fourth-order valence-electron chi connectivity index (χ4n) is 2.71. The minimum Gasteiger partial charge on any atom is -0.338 e. The summed E-state index contributed by atoms with van der Waals surface area (Å²) in [6.07, 6.45) is 5.19. The SMILES string of the molecule is CCCc1cc(-c2ncc(-c3ccc(CS(=O)(=O)C(F)(F)F)cc3)[nH]2)ccn1. The quantitative estimate of drug-likeness (QED) is 0.649. The molecule has 5 nitrogen and oxygen atoms in total. The number of hydrogen-bond donors (Lipinski definition) is 1. The summed E-state index contributed by atoms with van der Waals surface area (Å²) >= 11 is 0. The minimum absolute atomic E-state index is 0.0687. The van der Waals surface area contributed by atoms with Crippen LogP contribution in [0.15, 0.2) is 48.8 Å². The molecule has 0 aliphatic rings. The Labute approximate surface area is 160 Å². The largest absolute Gasteiger partial charge is 0.497 e. The third-order valence-electron chi connectivity index (χ3n) is 4.15. The van der Waals surface area contributed by atoms with E-state index in [9.17, 15) is 21.6 Å². The monoisotopic (exact) mass is 409 g/mol. The molecule has 0 aliphatic heterocycles. The molecule has 148 valence electrons. The first-order chi connectivity index (χ1) is 13.2. The van der Waals surface area contributed by atoms with Crippen molar-refractivity contribution in [2.45, 2.75) is 31.0 Å². The number of sulfone groups is 1. The van der Waals surface area contributed by atoms with Gasteiger partial charge in [-0.25, -0.2) is 13.4 Å². The topological polar surface area (TPSA) is 75.7 Å². The molecule has 0 fully saturated rings. The Morgan fingerprint density at radius 3 is 2.39 bits per heavy atom. The number of alkyl halides is 3. The molecule has 1 N–H and O–H groups in total. The Hall–Kier alpha value is -2.68. The van der Waals surface area contributed by atoms with Crippen LogP contribution in [0.5, 0.6) is 0 Å². The number of nitrogens with one attached hydrogen (secondary N) is 1. The van der Waals surface area contributed by atoms with E-state index in [0.29, 0.717) is 17.1 Å². The summed E-state index contributed by atoms with van der Waals surface area (Å²) in [5.41, 5.74) is -1.97. The molecule has 0 unspecified atom stereocenters. The summed E-state index contributed by atoms with van der Waals surface area (Å²) in [5.74, 6) is -0.430. The van der Waals surface area contributed by atoms with Crippen LogP contribution in [0.3, 0.4) is 0 Å². The summed E-state index contributed by atoms with van der Waals surface area (Å²) in [7, 11) is -5.20. The minimum atomic E-state index is -5.26. The highest BCUT2D eigenvalue weighted by molar-refractivity contribution is 7.91. The van der Waals surface area contributed by atoms with Gasteiger partial charge in [0.2, 0.25) is 0 Å². The number of hydrogen-bond acceptors (Lipinski definition) is 4. The first kappa shape index (κ1) is 20.1. The van der Waals surface area contributed by atoms with Crippen LogP contribution < -0.4 is 0 Å². The molecule has 0 spiro atoms. The second kappa shape index (κ2) is 7.75. The number of imidazole rings is 1. The van der Waals surface area contributed by atoms with Crippen molar-refractivity contribution in [3.8, 4) is 22.6 Å². The van der Waals surface area contributed by atoms with E-state index < -0.39 is 21.1 Å². The molecule has 9 heteroatoms. The van der Waals surface area contributed by atoms with E-state index in [2.05, 4.69) is 21.9 Å². The van der Waals surface area contributed by atoms with Crippen molar-refractivity contribution in [2.75, 3.05) is 0 Å². The first-order valence-corrected chi connectivity index (χ1v) is 10.2. The molecular formula is C19H18F3N3O2S. The predicted molar refractivity (Wildman–Crippen MR) is 99.9 cm³/mol. The van der Waals surface area contributed by atoms with Crippen LogP contribution in [0.25, 0.3) is 22.6 Å². The predicted octanol–water partition coefficient (Wildman–Crippen LogP) is 4.53. The summed E-state index contributed by atoms with van der Waals surface area (Å²) < 4.78 is 60.0. The molecule has 0 atom stereocenters. The molecule has 0 saturated heterocycles. The van der Waals surface area contributed by atoms with Crippen LogP contribution in [0.2, 0.25) is 0 Å². The number of H-pyrrole nitrogens is 1. The Kier molecular flexibility index (Phi) is 5.55. The van der Waals surface area contributed by atoms with E-state index >= 15 is 0 Å². The molecule has 0 saturated carbocycles. The van der Waals surface area contributed by atoms with Crippen molar-refractivity contribution in [1.29, 1.82) is 0 Å². The van der Waals surface area contributed by atoms with Crippen molar-refractivity contribution in [2.24, 2.45) is 0 Å². The van der Waals surface area contributed by atoms with Crippen LogP contribution >= 0.6 is 0 Å². The third-order valence-corrected chi connectivity index (χ3v) is 5.56. The van der Waals surface area contributed by atoms with Gasteiger partial charge in [0.05, 0.1) is 17.6 Å². The van der Waals surface area contributed by atoms with Gasteiger partial charge in [0.25, 0.3) is 9.84 Å². The zero-order valence-electron chi connectivity index (χ0n) is 15.0. The van der Waals surface area contributed by atoms with Gasteiger partial charge in [-0.05, 0) is 29.7 Å². The smallest absolute Gasteiger partial charge is 0.338 e. The standard InChI is InChI=1S/C19H18F3N3O2S/c1-2-3-16-10-15(8-9-23-16)18-24-11-17(25-18)14-6-4-13(5-7-14)12-28(26,27)19(20,21)22/h4-11H,2-3,12H2,1H3,(H,24,25). The zero-order chi connectivity index (χ0) is 20.4. The number of aryl methyl sites for hydroxylation is 1. The molecule has 0 aliphatic carbocycles. The van der Waals surface area contributed by atoms with E-state index in [0.717, 1.165) is 24.1 Å². The number of rotatable bonds is 6. The maximum Gasteiger partial charge on any atom is 0.497 e. The lowest BCUT2D eigenvalue weighted by atomic mass is 10.1. The molecule has 0 amide bonds. The Morgan fingerprint density at radius 2 is 1.75 bits per heavy atom. The highest BCUT2D eigenvalue weighted by Gasteiger charge is 2.45. The van der Waals surface area contributed by atoms with E-state index in [4.69, 9.17) is 0 Å².